The minimum atomic E-state index is -1.82. The van der Waals surface area contributed by atoms with Crippen molar-refractivity contribution in [2.45, 2.75) is 31.6 Å². The van der Waals surface area contributed by atoms with Crippen LogP contribution in [-0.4, -0.2) is 59.1 Å². The van der Waals surface area contributed by atoms with Gasteiger partial charge in [0.1, 0.15) is 0 Å². The van der Waals surface area contributed by atoms with Crippen LogP contribution >= 0.6 is 0 Å². The molecule has 2 aromatic carbocycles. The fourth-order valence-corrected chi connectivity index (χ4v) is 4.15. The molecule has 2 aliphatic heterocycles. The highest BCUT2D eigenvalue weighted by atomic mass is 16.4. The van der Waals surface area contributed by atoms with Crippen LogP contribution in [0.4, 0.5) is 5.69 Å². The second-order valence-corrected chi connectivity index (χ2v) is 8.19. The van der Waals surface area contributed by atoms with Crippen molar-refractivity contribution in [2.75, 3.05) is 31.1 Å². The predicted octanol–water partition coefficient (Wildman–Crippen LogP) is 2.87. The molecule has 0 spiro atoms. The zero-order valence-electron chi connectivity index (χ0n) is 18.3. The number of amides is 1. The summed E-state index contributed by atoms with van der Waals surface area (Å²) >= 11 is 0. The molecule has 0 unspecified atom stereocenters. The van der Waals surface area contributed by atoms with Crippen LogP contribution in [-0.2, 0) is 20.8 Å². The molecule has 0 aliphatic carbocycles. The van der Waals surface area contributed by atoms with E-state index in [9.17, 15) is 4.79 Å². The summed E-state index contributed by atoms with van der Waals surface area (Å²) in [5, 5.41) is 23.8. The Bertz CT molecular complexity index is 1040. The highest BCUT2D eigenvalue weighted by Gasteiger charge is 2.28. The van der Waals surface area contributed by atoms with Gasteiger partial charge in [-0.2, -0.15) is 5.26 Å². The molecule has 0 saturated carbocycles. The molecule has 2 aromatic rings. The number of nitriles is 1. The molecule has 4 rings (SSSR count). The lowest BCUT2D eigenvalue weighted by molar-refractivity contribution is -0.159. The van der Waals surface area contributed by atoms with Crippen LogP contribution in [0.1, 0.15) is 41.9 Å². The molecular weight excluding hydrogens is 422 g/mol. The lowest BCUT2D eigenvalue weighted by Crippen LogP contribution is -2.45. The van der Waals surface area contributed by atoms with Crippen LogP contribution in [0.15, 0.2) is 48.5 Å². The molecule has 2 saturated heterocycles. The molecule has 0 aromatic heterocycles. The van der Waals surface area contributed by atoms with E-state index < -0.39 is 11.9 Å². The van der Waals surface area contributed by atoms with Gasteiger partial charge in [-0.05, 0) is 48.6 Å². The summed E-state index contributed by atoms with van der Waals surface area (Å²) in [7, 11) is 0. The first-order valence-corrected chi connectivity index (χ1v) is 11.0. The summed E-state index contributed by atoms with van der Waals surface area (Å²) in [4.78, 5) is 34.9. The molecule has 2 fully saturated rings. The van der Waals surface area contributed by atoms with E-state index in [1.807, 2.05) is 29.2 Å². The number of hydrogen-bond acceptors (Lipinski definition) is 5. The highest BCUT2D eigenvalue weighted by molar-refractivity contribution is 6.27. The Morgan fingerprint density at radius 2 is 1.76 bits per heavy atom. The second-order valence-electron chi connectivity index (χ2n) is 8.19. The third-order valence-corrected chi connectivity index (χ3v) is 5.93. The number of carbonyl (C=O) groups is 3. The van der Waals surface area contributed by atoms with E-state index in [1.54, 1.807) is 0 Å². The Morgan fingerprint density at radius 3 is 2.42 bits per heavy atom. The van der Waals surface area contributed by atoms with E-state index in [0.29, 0.717) is 12.3 Å². The Morgan fingerprint density at radius 1 is 1.03 bits per heavy atom. The van der Waals surface area contributed by atoms with Crippen molar-refractivity contribution in [3.63, 3.8) is 0 Å². The fraction of sp³-hybridized carbons (Fsp3) is 0.360. The maximum Gasteiger partial charge on any atom is 0.414 e. The summed E-state index contributed by atoms with van der Waals surface area (Å²) in [5.74, 6) is -2.86. The van der Waals surface area contributed by atoms with Gasteiger partial charge in [0.25, 0.3) is 0 Å². The summed E-state index contributed by atoms with van der Waals surface area (Å²) in [6, 6.07) is 18.5. The van der Waals surface area contributed by atoms with Crippen LogP contribution in [0.3, 0.4) is 0 Å². The molecule has 2 heterocycles. The molecule has 0 bridgehead atoms. The number of likely N-dealkylation sites (tertiary alicyclic amines) is 1. The van der Waals surface area contributed by atoms with Crippen molar-refractivity contribution in [3.8, 4) is 6.07 Å². The number of anilines is 1. The van der Waals surface area contributed by atoms with Crippen LogP contribution in [0.5, 0.6) is 0 Å². The summed E-state index contributed by atoms with van der Waals surface area (Å²) in [6.45, 7) is 3.93. The molecule has 8 heteroatoms. The minimum Gasteiger partial charge on any atom is -0.473 e. The van der Waals surface area contributed by atoms with Gasteiger partial charge in [-0.25, -0.2) is 9.59 Å². The van der Waals surface area contributed by atoms with Crippen molar-refractivity contribution < 1.29 is 24.6 Å². The number of piperidine rings is 1. The maximum atomic E-state index is 12.3. The Balaban J connectivity index is 0.000000454. The van der Waals surface area contributed by atoms with E-state index in [2.05, 4.69) is 35.2 Å². The van der Waals surface area contributed by atoms with Crippen LogP contribution in [0, 0.1) is 11.3 Å². The molecule has 0 radical (unpaired) electrons. The van der Waals surface area contributed by atoms with Gasteiger partial charge in [0.15, 0.2) is 0 Å². The second kappa shape index (κ2) is 11.2. The van der Waals surface area contributed by atoms with E-state index in [1.165, 1.54) is 11.1 Å². The van der Waals surface area contributed by atoms with Crippen molar-refractivity contribution in [1.29, 1.82) is 5.26 Å². The monoisotopic (exact) mass is 449 g/mol. The SMILES string of the molecule is N#Cc1cccc(C2CN(CCc3ccccc3N3CCCCC3=O)C2)c1.O=C(O)C(=O)O. The van der Waals surface area contributed by atoms with Gasteiger partial charge in [-0.3, -0.25) is 4.79 Å². The van der Waals surface area contributed by atoms with Gasteiger partial charge in [0.05, 0.1) is 11.6 Å². The van der Waals surface area contributed by atoms with Crippen molar-refractivity contribution in [2.24, 2.45) is 0 Å². The van der Waals surface area contributed by atoms with Crippen molar-refractivity contribution >= 4 is 23.5 Å². The van der Waals surface area contributed by atoms with Crippen molar-refractivity contribution in [3.05, 3.63) is 65.2 Å². The zero-order chi connectivity index (χ0) is 23.8. The lowest BCUT2D eigenvalue weighted by Gasteiger charge is -2.40. The van der Waals surface area contributed by atoms with Crippen LogP contribution in [0.2, 0.25) is 0 Å². The smallest absolute Gasteiger partial charge is 0.414 e. The van der Waals surface area contributed by atoms with E-state index >= 15 is 0 Å². The van der Waals surface area contributed by atoms with E-state index in [0.717, 1.165) is 56.7 Å². The van der Waals surface area contributed by atoms with Gasteiger partial charge in [0, 0.05) is 44.2 Å². The molecule has 2 aliphatic rings. The average molecular weight is 450 g/mol. The third-order valence-electron chi connectivity index (χ3n) is 5.93. The topological polar surface area (TPSA) is 122 Å². The maximum absolute atomic E-state index is 12.3. The number of benzene rings is 2. The predicted molar refractivity (Wildman–Crippen MR) is 122 cm³/mol. The first-order chi connectivity index (χ1) is 15.9. The van der Waals surface area contributed by atoms with Gasteiger partial charge < -0.3 is 20.0 Å². The highest BCUT2D eigenvalue weighted by Crippen LogP contribution is 2.29. The molecule has 8 nitrogen and oxygen atoms in total. The van der Waals surface area contributed by atoms with Crippen LogP contribution < -0.4 is 4.90 Å². The van der Waals surface area contributed by atoms with Gasteiger partial charge in [-0.15, -0.1) is 0 Å². The molecule has 172 valence electrons. The normalized spacial score (nSPS) is 16.2. The Kier molecular flexibility index (Phi) is 8.17. The molecule has 33 heavy (non-hydrogen) atoms. The number of carboxylic acids is 2. The van der Waals surface area contributed by atoms with Gasteiger partial charge >= 0.3 is 11.9 Å². The first-order valence-electron chi connectivity index (χ1n) is 11.0. The number of rotatable bonds is 5. The third kappa shape index (κ3) is 6.40. The van der Waals surface area contributed by atoms with Gasteiger partial charge in [0.2, 0.25) is 5.91 Å². The summed E-state index contributed by atoms with van der Waals surface area (Å²) in [6.07, 6.45) is 3.74. The van der Waals surface area contributed by atoms with E-state index in [4.69, 9.17) is 25.1 Å². The number of carbonyl (C=O) groups excluding carboxylic acids is 1. The molecular formula is C25H27N3O5. The van der Waals surface area contributed by atoms with Crippen LogP contribution in [0.25, 0.3) is 0 Å². The van der Waals surface area contributed by atoms with E-state index in [-0.39, 0.29) is 5.91 Å². The molecule has 0 atom stereocenters. The number of carboxylic acid groups (broad SMARTS) is 2. The average Bonchev–Trinajstić information content (AvgIpc) is 2.79. The fourth-order valence-electron chi connectivity index (χ4n) is 4.15. The first kappa shape index (κ1) is 24.0. The number of nitrogens with zero attached hydrogens (tertiary/aromatic N) is 3. The molecule has 1 amide bonds. The van der Waals surface area contributed by atoms with Gasteiger partial charge in [-0.1, -0.05) is 30.3 Å². The summed E-state index contributed by atoms with van der Waals surface area (Å²) < 4.78 is 0. The largest absolute Gasteiger partial charge is 0.473 e. The number of aliphatic carboxylic acids is 2. The lowest BCUT2D eigenvalue weighted by atomic mass is 9.90. The Hall–Kier alpha value is -3.70. The quantitative estimate of drug-likeness (QED) is 0.673. The van der Waals surface area contributed by atoms with Crippen molar-refractivity contribution in [1.82, 2.24) is 4.90 Å². The zero-order valence-corrected chi connectivity index (χ0v) is 18.3. The summed E-state index contributed by atoms with van der Waals surface area (Å²) in [5.41, 5.74) is 4.37. The number of para-hydroxylation sites is 1. The Labute approximate surface area is 192 Å². The standard InChI is InChI=1S/C23H25N3O.C2H2O4/c24-15-18-6-5-8-20(14-18)21-16-25(17-21)13-11-19-7-1-2-9-22(19)26-12-4-3-10-23(26)27;3-1(4)2(5)6/h1-2,5-9,14,21H,3-4,10-13,16-17H2;(H,3,4)(H,5,6). The molecule has 2 N–H and O–H groups in total. The number of hydrogen-bond donors (Lipinski definition) is 2. The minimum absolute atomic E-state index is 0.259.